The first-order valence-electron chi connectivity index (χ1n) is 10.4. The Kier molecular flexibility index (Phi) is 7.44. The predicted molar refractivity (Wildman–Crippen MR) is 122 cm³/mol. The van der Waals surface area contributed by atoms with Crippen LogP contribution in [0.3, 0.4) is 0 Å². The Morgan fingerprint density at radius 1 is 0.645 bits per heavy atom. The Hall–Kier alpha value is -3.60. The highest BCUT2D eigenvalue weighted by atomic mass is 16.5. The molecule has 2 amide bonds. The molecule has 0 saturated heterocycles. The number of rotatable bonds is 7. The first-order valence-corrected chi connectivity index (χ1v) is 10.4. The summed E-state index contributed by atoms with van der Waals surface area (Å²) in [5.41, 5.74) is 7.92. The molecule has 1 atom stereocenters. The lowest BCUT2D eigenvalue weighted by atomic mass is 9.91. The van der Waals surface area contributed by atoms with Gasteiger partial charge < -0.3 is 4.74 Å². The number of nitrogens with one attached hydrogen (secondary N) is 2. The van der Waals surface area contributed by atoms with Gasteiger partial charge in [0.15, 0.2) is 6.10 Å². The van der Waals surface area contributed by atoms with E-state index < -0.39 is 17.9 Å². The van der Waals surface area contributed by atoms with Crippen molar-refractivity contribution in [3.05, 3.63) is 102 Å². The zero-order valence-corrected chi connectivity index (χ0v) is 18.0. The minimum Gasteiger partial charge on any atom is -0.481 e. The number of ether oxygens (including phenoxy) is 1. The van der Waals surface area contributed by atoms with Crippen LogP contribution in [0.1, 0.15) is 49.3 Å². The van der Waals surface area contributed by atoms with Crippen LogP contribution in [-0.4, -0.2) is 17.9 Å². The minimum absolute atomic E-state index is 0.320. The van der Waals surface area contributed by atoms with Crippen LogP contribution in [0, 0.1) is 0 Å². The van der Waals surface area contributed by atoms with Gasteiger partial charge in [-0.15, -0.1) is 0 Å². The largest absolute Gasteiger partial charge is 0.481 e. The van der Waals surface area contributed by atoms with E-state index in [4.69, 9.17) is 4.74 Å². The van der Waals surface area contributed by atoms with Gasteiger partial charge in [-0.05, 0) is 41.7 Å². The number of hydrogen-bond acceptors (Lipinski definition) is 3. The summed E-state index contributed by atoms with van der Waals surface area (Å²) in [7, 11) is 0. The van der Waals surface area contributed by atoms with Crippen molar-refractivity contribution in [2.75, 3.05) is 0 Å². The van der Waals surface area contributed by atoms with Gasteiger partial charge in [-0.3, -0.25) is 20.4 Å². The Bertz CT molecular complexity index is 947. The summed E-state index contributed by atoms with van der Waals surface area (Å²) >= 11 is 0. The first kappa shape index (κ1) is 22.1. The second-order valence-corrected chi connectivity index (χ2v) is 7.72. The number of benzene rings is 3. The summed E-state index contributed by atoms with van der Waals surface area (Å²) in [4.78, 5) is 25.4. The number of carbonyl (C=O) groups is 2. The maximum Gasteiger partial charge on any atom is 0.279 e. The molecule has 3 rings (SSSR count). The summed E-state index contributed by atoms with van der Waals surface area (Å²) in [5, 5.41) is 0. The van der Waals surface area contributed by atoms with E-state index in [0.29, 0.717) is 11.7 Å². The van der Waals surface area contributed by atoms with Crippen molar-refractivity contribution in [2.45, 2.75) is 38.7 Å². The molecule has 0 aliphatic heterocycles. The Morgan fingerprint density at radius 3 is 1.61 bits per heavy atom. The molecule has 0 aromatic heterocycles. The van der Waals surface area contributed by atoms with Crippen LogP contribution in [0.5, 0.6) is 5.75 Å². The van der Waals surface area contributed by atoms with Crippen LogP contribution < -0.4 is 15.6 Å². The van der Waals surface area contributed by atoms with Crippen molar-refractivity contribution in [1.29, 1.82) is 0 Å². The third-order valence-electron chi connectivity index (χ3n) is 5.07. The van der Waals surface area contributed by atoms with Gasteiger partial charge in [0.05, 0.1) is 5.92 Å². The van der Waals surface area contributed by atoms with Gasteiger partial charge in [-0.1, -0.05) is 86.6 Å². The van der Waals surface area contributed by atoms with E-state index in [0.717, 1.165) is 11.1 Å². The summed E-state index contributed by atoms with van der Waals surface area (Å²) in [5.74, 6) is -0.264. The zero-order chi connectivity index (χ0) is 22.2. The first-order chi connectivity index (χ1) is 15.0. The van der Waals surface area contributed by atoms with E-state index >= 15 is 0 Å². The maximum atomic E-state index is 13.0. The fourth-order valence-electron chi connectivity index (χ4n) is 3.27. The molecule has 2 N–H and O–H groups in total. The van der Waals surface area contributed by atoms with Crippen molar-refractivity contribution < 1.29 is 14.3 Å². The predicted octanol–water partition coefficient (Wildman–Crippen LogP) is 4.56. The number of carbonyl (C=O) groups excluding carboxylic acids is 2. The third kappa shape index (κ3) is 5.95. The maximum absolute atomic E-state index is 13.0. The molecule has 31 heavy (non-hydrogen) atoms. The van der Waals surface area contributed by atoms with E-state index in [2.05, 4.69) is 24.7 Å². The Labute approximate surface area is 183 Å². The van der Waals surface area contributed by atoms with E-state index in [1.165, 1.54) is 5.56 Å². The van der Waals surface area contributed by atoms with Gasteiger partial charge in [0, 0.05) is 0 Å². The summed E-state index contributed by atoms with van der Waals surface area (Å²) in [6.07, 6.45) is -0.767. The average Bonchev–Trinajstić information content (AvgIpc) is 2.79. The molecule has 5 heteroatoms. The van der Waals surface area contributed by atoms with Gasteiger partial charge in [-0.2, -0.15) is 0 Å². The smallest absolute Gasteiger partial charge is 0.279 e. The van der Waals surface area contributed by atoms with Crippen molar-refractivity contribution >= 4 is 11.8 Å². The molecule has 160 valence electrons. The molecule has 0 aliphatic carbocycles. The molecule has 0 unspecified atom stereocenters. The van der Waals surface area contributed by atoms with E-state index in [1.54, 1.807) is 6.92 Å². The van der Waals surface area contributed by atoms with Crippen LogP contribution in [0.2, 0.25) is 0 Å². The average molecular weight is 417 g/mol. The van der Waals surface area contributed by atoms with Crippen molar-refractivity contribution in [1.82, 2.24) is 10.9 Å². The molecular weight excluding hydrogens is 388 g/mol. The van der Waals surface area contributed by atoms with Gasteiger partial charge in [0.2, 0.25) is 5.91 Å². The van der Waals surface area contributed by atoms with Gasteiger partial charge >= 0.3 is 0 Å². The molecule has 0 aliphatic rings. The van der Waals surface area contributed by atoms with Crippen LogP contribution in [0.15, 0.2) is 84.9 Å². The summed E-state index contributed by atoms with van der Waals surface area (Å²) < 4.78 is 5.71. The quantitative estimate of drug-likeness (QED) is 0.555. The molecule has 3 aromatic rings. The fourth-order valence-corrected chi connectivity index (χ4v) is 3.27. The molecular formula is C26H28N2O3. The molecule has 5 nitrogen and oxygen atoms in total. The molecule has 3 aromatic carbocycles. The van der Waals surface area contributed by atoms with Gasteiger partial charge in [0.25, 0.3) is 5.91 Å². The summed E-state index contributed by atoms with van der Waals surface area (Å²) in [6, 6.07) is 26.6. The standard InChI is InChI=1S/C26H28N2O3/c1-18(2)20-14-16-23(17-15-20)31-19(3)25(29)27-28-26(30)24(21-10-6-4-7-11-21)22-12-8-5-9-13-22/h4-19,24H,1-3H3,(H,27,29)(H,28,30)/t19-/m1/s1. The summed E-state index contributed by atoms with van der Waals surface area (Å²) in [6.45, 7) is 5.88. The molecule has 0 radical (unpaired) electrons. The minimum atomic E-state index is -0.767. The van der Waals surface area contributed by atoms with Crippen molar-refractivity contribution in [2.24, 2.45) is 0 Å². The Morgan fingerprint density at radius 2 is 1.13 bits per heavy atom. The highest BCUT2D eigenvalue weighted by Crippen LogP contribution is 2.24. The van der Waals surface area contributed by atoms with Crippen molar-refractivity contribution in [3.8, 4) is 5.75 Å². The highest BCUT2D eigenvalue weighted by molar-refractivity contribution is 5.90. The molecule has 0 saturated carbocycles. The van der Waals surface area contributed by atoms with Crippen LogP contribution in [-0.2, 0) is 9.59 Å². The number of amides is 2. The molecule has 0 spiro atoms. The van der Waals surface area contributed by atoms with E-state index in [1.807, 2.05) is 84.9 Å². The number of hydrogen-bond donors (Lipinski definition) is 2. The lowest BCUT2D eigenvalue weighted by Crippen LogP contribution is -2.48. The fraction of sp³-hybridized carbons (Fsp3) is 0.231. The van der Waals surface area contributed by atoms with Crippen LogP contribution in [0.4, 0.5) is 0 Å². The second-order valence-electron chi connectivity index (χ2n) is 7.72. The zero-order valence-electron chi connectivity index (χ0n) is 18.0. The Balaban J connectivity index is 1.62. The van der Waals surface area contributed by atoms with Crippen LogP contribution >= 0.6 is 0 Å². The van der Waals surface area contributed by atoms with E-state index in [9.17, 15) is 9.59 Å². The topological polar surface area (TPSA) is 67.4 Å². The third-order valence-corrected chi connectivity index (χ3v) is 5.07. The van der Waals surface area contributed by atoms with Gasteiger partial charge in [-0.25, -0.2) is 0 Å². The molecule has 0 fully saturated rings. The lowest BCUT2D eigenvalue weighted by Gasteiger charge is -2.20. The van der Waals surface area contributed by atoms with Crippen LogP contribution in [0.25, 0.3) is 0 Å². The molecule has 0 heterocycles. The lowest BCUT2D eigenvalue weighted by molar-refractivity contribution is -0.133. The second kappa shape index (κ2) is 10.4. The van der Waals surface area contributed by atoms with Crippen molar-refractivity contribution in [3.63, 3.8) is 0 Å². The van der Waals surface area contributed by atoms with E-state index in [-0.39, 0.29) is 5.91 Å². The SMILES string of the molecule is CC(C)c1ccc(O[C@H](C)C(=O)NNC(=O)C(c2ccccc2)c2ccccc2)cc1. The normalized spacial score (nSPS) is 11.8. The molecule has 0 bridgehead atoms. The monoisotopic (exact) mass is 416 g/mol. The van der Waals surface area contributed by atoms with Gasteiger partial charge in [0.1, 0.15) is 5.75 Å². The highest BCUT2D eigenvalue weighted by Gasteiger charge is 2.24. The number of hydrazine groups is 1.